The van der Waals surface area contributed by atoms with E-state index < -0.39 is 0 Å². The van der Waals surface area contributed by atoms with Gasteiger partial charge in [0, 0.05) is 19.8 Å². The summed E-state index contributed by atoms with van der Waals surface area (Å²) in [5, 5.41) is 7.95. The molecule has 1 aromatic heterocycles. The Balaban J connectivity index is 2.40. The third kappa shape index (κ3) is 5.10. The van der Waals surface area contributed by atoms with E-state index in [0.29, 0.717) is 12.0 Å². The largest absolute Gasteiger partial charge is 0.384 e. The maximum atomic E-state index is 5.19. The maximum absolute atomic E-state index is 5.19. The summed E-state index contributed by atoms with van der Waals surface area (Å²) in [6, 6.07) is 2.79. The first-order chi connectivity index (χ1) is 7.76. The lowest BCUT2D eigenvalue weighted by atomic mass is 9.98. The van der Waals surface area contributed by atoms with Crippen molar-refractivity contribution in [1.82, 2.24) is 5.32 Å². The Morgan fingerprint density at radius 2 is 2.31 bits per heavy atom. The topological polar surface area (TPSA) is 21.3 Å². The second-order valence-electron chi connectivity index (χ2n) is 4.39. The number of methoxy groups -OCH3 is 1. The molecule has 0 aliphatic rings. The van der Waals surface area contributed by atoms with Gasteiger partial charge in [-0.25, -0.2) is 0 Å². The van der Waals surface area contributed by atoms with E-state index in [1.165, 1.54) is 12.0 Å². The SMILES string of the molecule is CCNC(Cc1ccsc1)CC(C)COC. The third-order valence-electron chi connectivity index (χ3n) is 2.69. The first-order valence-corrected chi connectivity index (χ1v) is 6.94. The molecule has 0 radical (unpaired) electrons. The Hall–Kier alpha value is -0.380. The zero-order chi connectivity index (χ0) is 11.8. The summed E-state index contributed by atoms with van der Waals surface area (Å²) >= 11 is 1.78. The van der Waals surface area contributed by atoms with E-state index in [9.17, 15) is 0 Å². The fourth-order valence-electron chi connectivity index (χ4n) is 2.06. The van der Waals surface area contributed by atoms with Crippen LogP contribution in [0.3, 0.4) is 0 Å². The molecule has 1 aromatic rings. The van der Waals surface area contributed by atoms with E-state index in [2.05, 4.69) is 36.0 Å². The standard InChI is InChI=1S/C13H23NOS/c1-4-14-13(7-11(2)9-15-3)8-12-5-6-16-10-12/h5-6,10-11,13-14H,4,7-9H2,1-3H3. The smallest absolute Gasteiger partial charge is 0.0488 e. The molecular weight excluding hydrogens is 218 g/mol. The summed E-state index contributed by atoms with van der Waals surface area (Å²) in [6.45, 7) is 6.31. The minimum atomic E-state index is 0.574. The summed E-state index contributed by atoms with van der Waals surface area (Å²) in [6.07, 6.45) is 2.31. The Morgan fingerprint density at radius 1 is 1.50 bits per heavy atom. The van der Waals surface area contributed by atoms with Gasteiger partial charge in [-0.2, -0.15) is 11.3 Å². The highest BCUT2D eigenvalue weighted by Gasteiger charge is 2.13. The van der Waals surface area contributed by atoms with Gasteiger partial charge in [0.05, 0.1) is 0 Å². The van der Waals surface area contributed by atoms with E-state index in [4.69, 9.17) is 4.74 Å². The summed E-state index contributed by atoms with van der Waals surface area (Å²) in [5.41, 5.74) is 1.44. The number of likely N-dealkylation sites (N-methyl/N-ethyl adjacent to an activating group) is 1. The molecule has 0 aromatic carbocycles. The third-order valence-corrected chi connectivity index (χ3v) is 3.43. The van der Waals surface area contributed by atoms with Crippen molar-refractivity contribution in [3.63, 3.8) is 0 Å². The van der Waals surface area contributed by atoms with E-state index >= 15 is 0 Å². The average Bonchev–Trinajstić information content (AvgIpc) is 2.71. The second-order valence-corrected chi connectivity index (χ2v) is 5.17. The minimum Gasteiger partial charge on any atom is -0.384 e. The van der Waals surface area contributed by atoms with Crippen molar-refractivity contribution < 1.29 is 4.74 Å². The fourth-order valence-corrected chi connectivity index (χ4v) is 2.74. The van der Waals surface area contributed by atoms with Crippen LogP contribution in [0.1, 0.15) is 25.8 Å². The fraction of sp³-hybridized carbons (Fsp3) is 0.692. The zero-order valence-corrected chi connectivity index (χ0v) is 11.3. The molecule has 16 heavy (non-hydrogen) atoms. The number of ether oxygens (including phenoxy) is 1. The zero-order valence-electron chi connectivity index (χ0n) is 10.5. The van der Waals surface area contributed by atoms with Gasteiger partial charge in [0.15, 0.2) is 0 Å². The normalized spacial score (nSPS) is 14.9. The van der Waals surface area contributed by atoms with Crippen molar-refractivity contribution in [1.29, 1.82) is 0 Å². The lowest BCUT2D eigenvalue weighted by Gasteiger charge is -2.21. The molecule has 2 unspecified atom stereocenters. The highest BCUT2D eigenvalue weighted by atomic mass is 32.1. The Morgan fingerprint density at radius 3 is 2.88 bits per heavy atom. The molecule has 3 heteroatoms. The van der Waals surface area contributed by atoms with Gasteiger partial charge in [0.25, 0.3) is 0 Å². The summed E-state index contributed by atoms with van der Waals surface area (Å²) in [4.78, 5) is 0. The number of hydrogen-bond donors (Lipinski definition) is 1. The quantitative estimate of drug-likeness (QED) is 0.755. The van der Waals surface area contributed by atoms with E-state index in [-0.39, 0.29) is 0 Å². The lowest BCUT2D eigenvalue weighted by Crippen LogP contribution is -2.33. The van der Waals surface area contributed by atoms with Crippen molar-refractivity contribution in [2.75, 3.05) is 20.3 Å². The summed E-state index contributed by atoms with van der Waals surface area (Å²) in [7, 11) is 1.78. The molecular formula is C13H23NOS. The first kappa shape index (κ1) is 13.7. The van der Waals surface area contributed by atoms with Crippen LogP contribution in [0.25, 0.3) is 0 Å². The van der Waals surface area contributed by atoms with Crippen LogP contribution in [0, 0.1) is 5.92 Å². The van der Waals surface area contributed by atoms with E-state index in [1.807, 2.05) is 0 Å². The van der Waals surface area contributed by atoms with Gasteiger partial charge in [0.2, 0.25) is 0 Å². The van der Waals surface area contributed by atoms with E-state index in [0.717, 1.165) is 19.6 Å². The van der Waals surface area contributed by atoms with Gasteiger partial charge < -0.3 is 10.1 Å². The molecule has 1 heterocycles. The van der Waals surface area contributed by atoms with Crippen molar-refractivity contribution in [2.45, 2.75) is 32.7 Å². The Kier molecular flexibility index (Phi) is 6.69. The molecule has 0 aliphatic heterocycles. The molecule has 0 saturated carbocycles. The van der Waals surface area contributed by atoms with Crippen LogP contribution in [-0.2, 0) is 11.2 Å². The molecule has 0 fully saturated rings. The van der Waals surface area contributed by atoms with Crippen molar-refractivity contribution in [2.24, 2.45) is 5.92 Å². The van der Waals surface area contributed by atoms with Crippen molar-refractivity contribution >= 4 is 11.3 Å². The molecule has 0 amide bonds. The summed E-state index contributed by atoms with van der Waals surface area (Å²) in [5.74, 6) is 0.618. The van der Waals surface area contributed by atoms with Crippen LogP contribution in [0.2, 0.25) is 0 Å². The van der Waals surface area contributed by atoms with Gasteiger partial charge in [0.1, 0.15) is 0 Å². The molecule has 1 N–H and O–H groups in total. The molecule has 0 saturated heterocycles. The number of nitrogens with one attached hydrogen (secondary N) is 1. The second kappa shape index (κ2) is 7.82. The number of rotatable bonds is 8. The van der Waals surface area contributed by atoms with Gasteiger partial charge in [-0.1, -0.05) is 13.8 Å². The Bertz CT molecular complexity index is 261. The Labute approximate surface area is 103 Å². The molecule has 2 atom stereocenters. The highest BCUT2D eigenvalue weighted by molar-refractivity contribution is 7.07. The predicted molar refractivity (Wildman–Crippen MR) is 71.1 cm³/mol. The molecule has 2 nitrogen and oxygen atoms in total. The van der Waals surface area contributed by atoms with Gasteiger partial charge in [-0.3, -0.25) is 0 Å². The molecule has 0 bridgehead atoms. The predicted octanol–water partition coefficient (Wildman–Crippen LogP) is 2.94. The van der Waals surface area contributed by atoms with Crippen LogP contribution >= 0.6 is 11.3 Å². The monoisotopic (exact) mass is 241 g/mol. The van der Waals surface area contributed by atoms with Crippen LogP contribution in [-0.4, -0.2) is 26.3 Å². The van der Waals surface area contributed by atoms with Crippen molar-refractivity contribution in [3.8, 4) is 0 Å². The minimum absolute atomic E-state index is 0.574. The van der Waals surface area contributed by atoms with Crippen molar-refractivity contribution in [3.05, 3.63) is 22.4 Å². The van der Waals surface area contributed by atoms with Crippen LogP contribution in [0.5, 0.6) is 0 Å². The number of hydrogen-bond acceptors (Lipinski definition) is 3. The van der Waals surface area contributed by atoms with Gasteiger partial charge in [-0.15, -0.1) is 0 Å². The molecule has 92 valence electrons. The van der Waals surface area contributed by atoms with Gasteiger partial charge >= 0.3 is 0 Å². The van der Waals surface area contributed by atoms with Gasteiger partial charge in [-0.05, 0) is 47.7 Å². The van der Waals surface area contributed by atoms with Crippen LogP contribution in [0.4, 0.5) is 0 Å². The van der Waals surface area contributed by atoms with Crippen LogP contribution in [0.15, 0.2) is 16.8 Å². The summed E-state index contributed by atoms with van der Waals surface area (Å²) < 4.78 is 5.19. The molecule has 0 aliphatic carbocycles. The highest BCUT2D eigenvalue weighted by Crippen LogP contribution is 2.14. The average molecular weight is 241 g/mol. The molecule has 0 spiro atoms. The number of thiophene rings is 1. The lowest BCUT2D eigenvalue weighted by molar-refractivity contribution is 0.149. The first-order valence-electron chi connectivity index (χ1n) is 5.99. The molecule has 1 rings (SSSR count). The maximum Gasteiger partial charge on any atom is 0.0488 e. The van der Waals surface area contributed by atoms with Crippen LogP contribution < -0.4 is 5.32 Å². The van der Waals surface area contributed by atoms with E-state index in [1.54, 1.807) is 18.4 Å².